The molecule has 7 atom stereocenters. The predicted octanol–water partition coefficient (Wildman–Crippen LogP) is 7.63. The van der Waals surface area contributed by atoms with Crippen LogP contribution in [0.1, 0.15) is 106 Å². The van der Waals surface area contributed by atoms with Gasteiger partial charge in [-0.15, -0.1) is 0 Å². The lowest BCUT2D eigenvalue weighted by Gasteiger charge is -2.60. The molecule has 37 heavy (non-hydrogen) atoms. The highest BCUT2D eigenvalue weighted by molar-refractivity contribution is 5.87. The maximum Gasteiger partial charge on any atom is 0.157 e. The first kappa shape index (κ1) is 29.8. The number of nitrogen functional groups attached to an aromatic ring is 1. The van der Waals surface area contributed by atoms with E-state index < -0.39 is 0 Å². The zero-order valence-corrected chi connectivity index (χ0v) is 24.8. The van der Waals surface area contributed by atoms with Crippen molar-refractivity contribution in [2.24, 2.45) is 46.3 Å². The molecule has 3 saturated carbocycles. The second-order valence-electron chi connectivity index (χ2n) is 12.1. The Morgan fingerprint density at radius 2 is 1.81 bits per heavy atom. The van der Waals surface area contributed by atoms with Crippen molar-refractivity contribution in [1.29, 1.82) is 0 Å². The lowest BCUT2D eigenvalue weighted by molar-refractivity contribution is -0.134. The second-order valence-corrected chi connectivity index (χ2v) is 12.1. The van der Waals surface area contributed by atoms with Gasteiger partial charge in [0.2, 0.25) is 0 Å². The van der Waals surface area contributed by atoms with Crippen LogP contribution in [0.3, 0.4) is 0 Å². The summed E-state index contributed by atoms with van der Waals surface area (Å²) in [6.07, 6.45) is 12.7. The Balaban J connectivity index is 0.00000186. The zero-order valence-electron chi connectivity index (χ0n) is 24.8. The quantitative estimate of drug-likeness (QED) is 0.201. The number of nitrogens with zero attached hydrogens (tertiary/aromatic N) is 1. The summed E-state index contributed by atoms with van der Waals surface area (Å²) in [6.45, 7) is 13.9. The summed E-state index contributed by atoms with van der Waals surface area (Å²) in [5.41, 5.74) is 8.01. The first-order valence-electron chi connectivity index (χ1n) is 15.2. The van der Waals surface area contributed by atoms with Gasteiger partial charge in [0.05, 0.1) is 25.0 Å². The molecule has 0 heterocycles. The number of fused-ring (bicyclic) bond motifs is 3. The molecule has 0 radical (unpaired) electrons. The van der Waals surface area contributed by atoms with Crippen molar-refractivity contribution in [2.75, 3.05) is 24.4 Å². The number of methoxy groups -OCH3 is 1. The van der Waals surface area contributed by atoms with Gasteiger partial charge < -0.3 is 15.5 Å². The monoisotopic (exact) mass is 513 g/mol. The largest absolute Gasteiger partial charge is 0.497 e. The molecule has 3 fully saturated rings. The van der Waals surface area contributed by atoms with E-state index in [4.69, 9.17) is 16.3 Å². The average Bonchev–Trinajstić information content (AvgIpc) is 3.27. The van der Waals surface area contributed by atoms with E-state index in [1.54, 1.807) is 13.2 Å². The highest BCUT2D eigenvalue weighted by Gasteiger charge is 2.60. The van der Waals surface area contributed by atoms with Crippen LogP contribution in [0.5, 0.6) is 5.75 Å². The Morgan fingerprint density at radius 3 is 2.43 bits per heavy atom. The SMILES string of the molecule is CC.CCCC1(CC)C(CC)CCC2C3CCC(C(=O)CN(N)c4cc(OC)ccc4N)C3(C)CCC21. The predicted molar refractivity (Wildman–Crippen MR) is 156 cm³/mol. The van der Waals surface area contributed by atoms with E-state index in [0.717, 1.165) is 24.2 Å². The molecule has 1 aromatic carbocycles. The molecule has 0 amide bonds. The van der Waals surface area contributed by atoms with E-state index in [-0.39, 0.29) is 23.7 Å². The summed E-state index contributed by atoms with van der Waals surface area (Å²) in [7, 11) is 1.62. The molecule has 210 valence electrons. The fraction of sp³-hybridized carbons (Fsp3) is 0.781. The van der Waals surface area contributed by atoms with Crippen LogP contribution in [0, 0.1) is 40.4 Å². The number of hydrogen-bond acceptors (Lipinski definition) is 5. The molecule has 0 spiro atoms. The molecule has 4 rings (SSSR count). The van der Waals surface area contributed by atoms with Gasteiger partial charge in [0.15, 0.2) is 5.78 Å². The van der Waals surface area contributed by atoms with Crippen LogP contribution in [0.4, 0.5) is 11.4 Å². The number of carbonyl (C=O) groups excluding carboxylic acids is 1. The average molecular weight is 514 g/mol. The number of rotatable bonds is 9. The normalized spacial score (nSPS) is 34.5. The third kappa shape index (κ3) is 5.27. The van der Waals surface area contributed by atoms with Gasteiger partial charge in [0.1, 0.15) is 5.75 Å². The van der Waals surface area contributed by atoms with Crippen LogP contribution in [-0.2, 0) is 4.79 Å². The zero-order chi connectivity index (χ0) is 27.4. The van der Waals surface area contributed by atoms with Crippen molar-refractivity contribution in [1.82, 2.24) is 0 Å². The summed E-state index contributed by atoms with van der Waals surface area (Å²) < 4.78 is 5.34. The van der Waals surface area contributed by atoms with E-state index in [9.17, 15) is 4.79 Å². The van der Waals surface area contributed by atoms with Crippen molar-refractivity contribution >= 4 is 17.2 Å². The number of nitrogens with two attached hydrogens (primary N) is 2. The molecule has 1 aromatic rings. The number of ether oxygens (including phenoxy) is 1. The molecule has 0 bridgehead atoms. The number of benzene rings is 1. The van der Waals surface area contributed by atoms with Crippen molar-refractivity contribution in [3.05, 3.63) is 18.2 Å². The molecule has 0 saturated heterocycles. The molecular weight excluding hydrogens is 458 g/mol. The Hall–Kier alpha value is -1.75. The van der Waals surface area contributed by atoms with E-state index >= 15 is 0 Å². The molecule has 3 aliphatic rings. The third-order valence-electron chi connectivity index (χ3n) is 11.0. The summed E-state index contributed by atoms with van der Waals surface area (Å²) >= 11 is 0. The summed E-state index contributed by atoms with van der Waals surface area (Å²) in [6, 6.07) is 5.42. The highest BCUT2D eigenvalue weighted by atomic mass is 16.5. The standard InChI is InChI=1S/C30H49N3O2.C2H6/c1-6-16-30(8-3)20(7-2)9-11-22-23-12-13-25(29(23,4)17-15-24(22)30)28(34)19-33(32)27-18-21(35-5)10-14-26(27)31;1-2/h10,14,18,20,22-25H,6-9,11-13,15-17,19,31-32H2,1-5H3;1-2H3. The molecular formula is C32H55N3O2. The van der Waals surface area contributed by atoms with Crippen molar-refractivity contribution in [3.63, 3.8) is 0 Å². The molecule has 5 nitrogen and oxygen atoms in total. The number of Topliss-reactive ketones (excluding diaryl/α,β-unsaturated/α-hetero) is 1. The third-order valence-corrected chi connectivity index (χ3v) is 11.0. The lowest BCUT2D eigenvalue weighted by Crippen LogP contribution is -2.53. The van der Waals surface area contributed by atoms with Crippen molar-refractivity contribution in [2.45, 2.75) is 106 Å². The van der Waals surface area contributed by atoms with Crippen molar-refractivity contribution in [3.8, 4) is 5.75 Å². The lowest BCUT2D eigenvalue weighted by atomic mass is 9.45. The fourth-order valence-corrected chi connectivity index (χ4v) is 9.37. The van der Waals surface area contributed by atoms with Crippen LogP contribution < -0.4 is 21.3 Å². The van der Waals surface area contributed by atoms with Gasteiger partial charge in [-0.3, -0.25) is 4.79 Å². The van der Waals surface area contributed by atoms with Crippen molar-refractivity contribution < 1.29 is 9.53 Å². The Morgan fingerprint density at radius 1 is 1.08 bits per heavy atom. The van der Waals surface area contributed by atoms with Crippen LogP contribution in [0.15, 0.2) is 18.2 Å². The summed E-state index contributed by atoms with van der Waals surface area (Å²) in [5.74, 6) is 10.6. The van der Waals surface area contributed by atoms with E-state index in [2.05, 4.69) is 27.7 Å². The van der Waals surface area contributed by atoms with E-state index in [1.807, 2.05) is 26.0 Å². The van der Waals surface area contributed by atoms with E-state index in [1.165, 1.54) is 62.8 Å². The van der Waals surface area contributed by atoms with Gasteiger partial charge in [-0.25, -0.2) is 5.84 Å². The number of hydrogen-bond donors (Lipinski definition) is 2. The fourth-order valence-electron chi connectivity index (χ4n) is 9.37. The number of anilines is 2. The molecule has 4 N–H and O–H groups in total. The topological polar surface area (TPSA) is 81.6 Å². The van der Waals surface area contributed by atoms with Crippen LogP contribution in [0.25, 0.3) is 0 Å². The van der Waals surface area contributed by atoms with Gasteiger partial charge in [-0.2, -0.15) is 0 Å². The smallest absolute Gasteiger partial charge is 0.157 e. The summed E-state index contributed by atoms with van der Waals surface area (Å²) in [4.78, 5) is 13.7. The van der Waals surface area contributed by atoms with Crippen LogP contribution in [0.2, 0.25) is 0 Å². The molecule has 0 aliphatic heterocycles. The molecule has 5 heteroatoms. The van der Waals surface area contributed by atoms with E-state index in [0.29, 0.717) is 28.5 Å². The van der Waals surface area contributed by atoms with Gasteiger partial charge in [-0.05, 0) is 98.0 Å². The van der Waals surface area contributed by atoms with Crippen LogP contribution >= 0.6 is 0 Å². The second kappa shape index (κ2) is 12.4. The van der Waals surface area contributed by atoms with Gasteiger partial charge >= 0.3 is 0 Å². The van der Waals surface area contributed by atoms with Gasteiger partial charge in [0.25, 0.3) is 0 Å². The van der Waals surface area contributed by atoms with Gasteiger partial charge in [-0.1, -0.05) is 54.4 Å². The molecule has 0 aromatic heterocycles. The van der Waals surface area contributed by atoms with Crippen LogP contribution in [-0.4, -0.2) is 19.4 Å². The minimum atomic E-state index is 0.0948. The minimum absolute atomic E-state index is 0.0948. The first-order valence-corrected chi connectivity index (χ1v) is 15.2. The Bertz CT molecular complexity index is 904. The molecule has 7 unspecified atom stereocenters. The first-order chi connectivity index (χ1) is 17.7. The maximum absolute atomic E-state index is 13.7. The summed E-state index contributed by atoms with van der Waals surface area (Å²) in [5, 5.41) is 1.53. The number of hydrazine groups is 1. The maximum atomic E-state index is 13.7. The number of ketones is 1. The Kier molecular flexibility index (Phi) is 9.99. The molecule has 3 aliphatic carbocycles. The highest BCUT2D eigenvalue weighted by Crippen LogP contribution is 2.67. The number of carbonyl (C=O) groups is 1. The minimum Gasteiger partial charge on any atom is -0.497 e. The van der Waals surface area contributed by atoms with Gasteiger partial charge in [0, 0.05) is 12.0 Å². The Labute approximate surface area is 227 Å².